The van der Waals surface area contributed by atoms with Crippen molar-refractivity contribution in [2.45, 2.75) is 38.5 Å². The van der Waals surface area contributed by atoms with E-state index in [1.165, 1.54) is 16.7 Å². The maximum Gasteiger partial charge on any atom is 0.292 e. The zero-order valence-corrected chi connectivity index (χ0v) is 17.8. The van der Waals surface area contributed by atoms with E-state index in [0.717, 1.165) is 5.56 Å². The van der Waals surface area contributed by atoms with Gasteiger partial charge < -0.3 is 9.47 Å². The molecule has 0 amide bonds. The number of hydrogen-bond donors (Lipinski definition) is 0. The lowest BCUT2D eigenvalue weighted by molar-refractivity contribution is 0.506. The SMILES string of the molecule is C#COc1ccc(C(C)(C)c2cccc(C(C)(C)c3ccc(OC#N)cc3)c2)cc1. The molecule has 0 atom stereocenters. The van der Waals surface area contributed by atoms with Gasteiger partial charge in [-0.25, -0.2) is 0 Å². The standard InChI is InChI=1S/C27H25NO2/c1-6-29-24-14-10-20(11-15-24)26(2,3)22-8-7-9-23(18-22)27(4,5)21-12-16-25(17-13-21)30-19-28/h1,7-18H,2-5H3. The minimum atomic E-state index is -0.207. The maximum absolute atomic E-state index is 8.68. The molecule has 30 heavy (non-hydrogen) atoms. The average molecular weight is 396 g/mol. The normalized spacial score (nSPS) is 11.3. The minimum absolute atomic E-state index is 0.189. The molecule has 0 N–H and O–H groups in total. The molecule has 150 valence electrons. The van der Waals surface area contributed by atoms with E-state index in [-0.39, 0.29) is 10.8 Å². The molecule has 0 radical (unpaired) electrons. The Morgan fingerprint density at radius 1 is 0.667 bits per heavy atom. The van der Waals surface area contributed by atoms with Gasteiger partial charge in [0.25, 0.3) is 6.26 Å². The third-order valence-corrected chi connectivity index (χ3v) is 5.80. The molecule has 3 aromatic rings. The first-order valence-corrected chi connectivity index (χ1v) is 9.79. The van der Waals surface area contributed by atoms with Gasteiger partial charge in [-0.1, -0.05) is 82.6 Å². The second kappa shape index (κ2) is 8.36. The Morgan fingerprint density at radius 2 is 1.10 bits per heavy atom. The van der Waals surface area contributed by atoms with E-state index in [0.29, 0.717) is 11.5 Å². The Balaban J connectivity index is 1.94. The lowest BCUT2D eigenvalue weighted by atomic mass is 9.73. The molecule has 3 nitrogen and oxygen atoms in total. The topological polar surface area (TPSA) is 42.2 Å². The Bertz CT molecular complexity index is 1010. The summed E-state index contributed by atoms with van der Waals surface area (Å²) in [6.45, 7) is 8.82. The Hall–Kier alpha value is -3.69. The van der Waals surface area contributed by atoms with Crippen LogP contribution in [0.25, 0.3) is 0 Å². The minimum Gasteiger partial charge on any atom is -0.408 e. The van der Waals surface area contributed by atoms with Crippen molar-refractivity contribution in [3.05, 3.63) is 95.1 Å². The molecule has 0 spiro atoms. The highest BCUT2D eigenvalue weighted by Crippen LogP contribution is 2.37. The van der Waals surface area contributed by atoms with Gasteiger partial charge in [-0.05, 0) is 46.5 Å². The van der Waals surface area contributed by atoms with Crippen LogP contribution in [0.3, 0.4) is 0 Å². The molecule has 3 heteroatoms. The van der Waals surface area contributed by atoms with Crippen LogP contribution in [0.5, 0.6) is 11.5 Å². The summed E-state index contributed by atoms with van der Waals surface area (Å²) in [5.74, 6) is 1.21. The molecule has 0 fully saturated rings. The third kappa shape index (κ3) is 4.17. The van der Waals surface area contributed by atoms with Crippen molar-refractivity contribution >= 4 is 0 Å². The molecule has 0 bridgehead atoms. The molecule has 0 saturated heterocycles. The van der Waals surface area contributed by atoms with Crippen LogP contribution in [-0.4, -0.2) is 0 Å². The van der Waals surface area contributed by atoms with Crippen LogP contribution < -0.4 is 9.47 Å². The van der Waals surface area contributed by atoms with Crippen LogP contribution in [0.2, 0.25) is 0 Å². The van der Waals surface area contributed by atoms with Crippen molar-refractivity contribution in [3.8, 4) is 30.3 Å². The van der Waals surface area contributed by atoms with E-state index >= 15 is 0 Å². The molecule has 3 aromatic carbocycles. The summed E-state index contributed by atoms with van der Waals surface area (Å²) in [4.78, 5) is 0. The van der Waals surface area contributed by atoms with Gasteiger partial charge in [0.15, 0.2) is 0 Å². The molecule has 0 aromatic heterocycles. The molecule has 0 aliphatic heterocycles. The maximum atomic E-state index is 8.68. The Morgan fingerprint density at radius 3 is 1.50 bits per heavy atom. The highest BCUT2D eigenvalue weighted by Gasteiger charge is 2.27. The largest absolute Gasteiger partial charge is 0.408 e. The number of rotatable bonds is 6. The smallest absolute Gasteiger partial charge is 0.292 e. The summed E-state index contributed by atoms with van der Waals surface area (Å²) in [7, 11) is 0. The fourth-order valence-corrected chi connectivity index (χ4v) is 3.63. The van der Waals surface area contributed by atoms with Gasteiger partial charge in [0, 0.05) is 10.8 Å². The number of benzene rings is 3. The molecule has 0 saturated carbocycles. The van der Waals surface area contributed by atoms with Crippen LogP contribution in [0.1, 0.15) is 49.9 Å². The second-order valence-corrected chi connectivity index (χ2v) is 8.29. The van der Waals surface area contributed by atoms with E-state index in [9.17, 15) is 0 Å². The number of nitriles is 1. The first-order chi connectivity index (χ1) is 14.3. The highest BCUT2D eigenvalue weighted by molar-refractivity contribution is 5.46. The van der Waals surface area contributed by atoms with Crippen molar-refractivity contribution in [2.24, 2.45) is 0 Å². The summed E-state index contributed by atoms with van der Waals surface area (Å²) < 4.78 is 10.0. The quantitative estimate of drug-likeness (QED) is 0.370. The van der Waals surface area contributed by atoms with Gasteiger partial charge in [-0.15, -0.1) is 5.26 Å². The predicted octanol–water partition coefficient (Wildman–Crippen LogP) is 6.17. The van der Waals surface area contributed by atoms with Crippen molar-refractivity contribution in [1.82, 2.24) is 0 Å². The van der Waals surface area contributed by atoms with E-state index in [2.05, 4.69) is 70.2 Å². The summed E-state index contributed by atoms with van der Waals surface area (Å²) >= 11 is 0. The van der Waals surface area contributed by atoms with Crippen LogP contribution in [0.4, 0.5) is 0 Å². The van der Waals surface area contributed by atoms with Gasteiger partial charge >= 0.3 is 0 Å². The van der Waals surface area contributed by atoms with Crippen LogP contribution in [-0.2, 0) is 10.8 Å². The summed E-state index contributed by atoms with van der Waals surface area (Å²) in [6, 6.07) is 24.3. The summed E-state index contributed by atoms with van der Waals surface area (Å²) in [5.41, 5.74) is 4.38. The Kier molecular flexibility index (Phi) is 5.86. The lowest BCUT2D eigenvalue weighted by Gasteiger charge is -2.31. The van der Waals surface area contributed by atoms with Crippen LogP contribution >= 0.6 is 0 Å². The van der Waals surface area contributed by atoms with Gasteiger partial charge in [-0.2, -0.15) is 0 Å². The van der Waals surface area contributed by atoms with Gasteiger partial charge in [0.05, 0.1) is 0 Å². The molecule has 0 unspecified atom stereocenters. The van der Waals surface area contributed by atoms with Crippen LogP contribution in [0, 0.1) is 24.0 Å². The van der Waals surface area contributed by atoms with Crippen molar-refractivity contribution in [2.75, 3.05) is 0 Å². The fraction of sp³-hybridized carbons (Fsp3) is 0.222. The first kappa shape index (κ1) is 21.0. The highest BCUT2D eigenvalue weighted by atomic mass is 16.5. The van der Waals surface area contributed by atoms with Crippen molar-refractivity contribution < 1.29 is 9.47 Å². The number of ether oxygens (including phenoxy) is 2. The van der Waals surface area contributed by atoms with Gasteiger partial charge in [0.1, 0.15) is 17.6 Å². The van der Waals surface area contributed by atoms with Crippen molar-refractivity contribution in [3.63, 3.8) is 0 Å². The molecular formula is C27H25NO2. The zero-order chi connectivity index (χ0) is 21.8. The van der Waals surface area contributed by atoms with E-state index < -0.39 is 0 Å². The monoisotopic (exact) mass is 395 g/mol. The van der Waals surface area contributed by atoms with Crippen molar-refractivity contribution in [1.29, 1.82) is 5.26 Å². The first-order valence-electron chi connectivity index (χ1n) is 9.79. The van der Waals surface area contributed by atoms with E-state index in [1.54, 1.807) is 6.26 Å². The number of terminal acetylenes is 1. The fourth-order valence-electron chi connectivity index (χ4n) is 3.63. The van der Waals surface area contributed by atoms with E-state index in [1.807, 2.05) is 36.4 Å². The average Bonchev–Trinajstić information content (AvgIpc) is 2.75. The Labute approximate surface area is 178 Å². The molecular weight excluding hydrogens is 370 g/mol. The molecule has 0 aliphatic rings. The third-order valence-electron chi connectivity index (χ3n) is 5.80. The summed E-state index contributed by atoms with van der Waals surface area (Å²) in [5, 5.41) is 8.68. The van der Waals surface area contributed by atoms with E-state index in [4.69, 9.17) is 21.2 Å². The van der Waals surface area contributed by atoms with Gasteiger partial charge in [-0.3, -0.25) is 0 Å². The summed E-state index contributed by atoms with van der Waals surface area (Å²) in [6.07, 6.45) is 9.12. The molecule has 0 aliphatic carbocycles. The van der Waals surface area contributed by atoms with Gasteiger partial charge in [0.2, 0.25) is 0 Å². The predicted molar refractivity (Wildman–Crippen MR) is 119 cm³/mol. The van der Waals surface area contributed by atoms with Crippen LogP contribution in [0.15, 0.2) is 72.8 Å². The number of hydrogen-bond acceptors (Lipinski definition) is 3. The second-order valence-electron chi connectivity index (χ2n) is 8.29. The number of nitrogens with zero attached hydrogens (tertiary/aromatic N) is 1. The zero-order valence-electron chi connectivity index (χ0n) is 17.8. The molecule has 0 heterocycles. The molecule has 3 rings (SSSR count). The lowest BCUT2D eigenvalue weighted by Crippen LogP contribution is -2.22.